The average Bonchev–Trinajstić information content (AvgIpc) is 3.01. The molecular formula is C19H21NO2. The van der Waals surface area contributed by atoms with E-state index in [2.05, 4.69) is 29.4 Å². The van der Waals surface area contributed by atoms with Crippen LogP contribution < -0.4 is 0 Å². The summed E-state index contributed by atoms with van der Waals surface area (Å²) in [5, 5.41) is 13.5. The van der Waals surface area contributed by atoms with Gasteiger partial charge in [0.15, 0.2) is 0 Å². The van der Waals surface area contributed by atoms with E-state index in [1.807, 2.05) is 18.2 Å². The summed E-state index contributed by atoms with van der Waals surface area (Å²) in [7, 11) is 0. The van der Waals surface area contributed by atoms with Crippen molar-refractivity contribution in [1.82, 2.24) is 0 Å². The molecular weight excluding hydrogens is 274 g/mol. The molecule has 2 aromatic carbocycles. The van der Waals surface area contributed by atoms with E-state index >= 15 is 0 Å². The van der Waals surface area contributed by atoms with Gasteiger partial charge in [-0.15, -0.1) is 0 Å². The van der Waals surface area contributed by atoms with Crippen LogP contribution in [-0.2, 0) is 17.7 Å². The summed E-state index contributed by atoms with van der Waals surface area (Å²) in [5.41, 5.74) is 3.71. The van der Waals surface area contributed by atoms with Gasteiger partial charge >= 0.3 is 0 Å². The molecule has 0 aromatic heterocycles. The number of oxime groups is 1. The van der Waals surface area contributed by atoms with Gasteiger partial charge in [0.25, 0.3) is 0 Å². The zero-order chi connectivity index (χ0) is 15.2. The minimum Gasteiger partial charge on any atom is -0.508 e. The summed E-state index contributed by atoms with van der Waals surface area (Å²) < 4.78 is 0. The molecule has 1 aliphatic heterocycles. The Morgan fingerprint density at radius 2 is 1.64 bits per heavy atom. The molecule has 22 heavy (non-hydrogen) atoms. The Kier molecular flexibility index (Phi) is 4.74. The fourth-order valence-corrected chi connectivity index (χ4v) is 2.71. The smallest absolute Gasteiger partial charge is 0.133 e. The first-order valence-corrected chi connectivity index (χ1v) is 7.83. The first-order chi connectivity index (χ1) is 10.8. The van der Waals surface area contributed by atoms with Gasteiger partial charge in [0.05, 0.1) is 5.71 Å². The summed E-state index contributed by atoms with van der Waals surface area (Å²) in [4.78, 5) is 5.54. The van der Waals surface area contributed by atoms with E-state index in [9.17, 15) is 5.11 Å². The highest BCUT2D eigenvalue weighted by atomic mass is 16.6. The molecule has 3 heteroatoms. The molecule has 1 aliphatic rings. The van der Waals surface area contributed by atoms with Gasteiger partial charge in [0, 0.05) is 6.42 Å². The number of nitrogens with zero attached hydrogens (tertiary/aromatic N) is 1. The van der Waals surface area contributed by atoms with Crippen LogP contribution in [0.2, 0.25) is 0 Å². The first-order valence-electron chi connectivity index (χ1n) is 7.83. The molecule has 0 bridgehead atoms. The maximum atomic E-state index is 9.28. The molecule has 0 saturated carbocycles. The van der Waals surface area contributed by atoms with Gasteiger partial charge in [-0.2, -0.15) is 0 Å². The van der Waals surface area contributed by atoms with Crippen LogP contribution in [0, 0.1) is 0 Å². The number of hydrogen-bond acceptors (Lipinski definition) is 3. The quantitative estimate of drug-likeness (QED) is 0.871. The van der Waals surface area contributed by atoms with Gasteiger partial charge in [-0.25, -0.2) is 0 Å². The standard InChI is InChI=1S/C19H21NO2/c21-18-11-7-16(8-12-18)6-10-17-14-19(22-20-17)13-9-15-4-2-1-3-5-15/h1-5,7-8,11-12,19,21H,6,9-10,13-14H2. The van der Waals surface area contributed by atoms with Gasteiger partial charge in [0.1, 0.15) is 11.9 Å². The lowest BCUT2D eigenvalue weighted by Gasteiger charge is -2.07. The van der Waals surface area contributed by atoms with Crippen LogP contribution in [0.5, 0.6) is 5.75 Å². The second-order valence-corrected chi connectivity index (χ2v) is 5.78. The predicted octanol–water partition coefficient (Wildman–Crippen LogP) is 4.10. The molecule has 0 fully saturated rings. The Bertz CT molecular complexity index is 620. The SMILES string of the molecule is Oc1ccc(CCC2=NOC(CCc3ccccc3)C2)cc1. The fraction of sp³-hybridized carbons (Fsp3) is 0.316. The molecule has 0 amide bonds. The Hall–Kier alpha value is -2.29. The van der Waals surface area contributed by atoms with Gasteiger partial charge in [0.2, 0.25) is 0 Å². The number of phenols is 1. The van der Waals surface area contributed by atoms with E-state index in [4.69, 9.17) is 4.84 Å². The van der Waals surface area contributed by atoms with Crippen molar-refractivity contribution in [2.24, 2.45) is 5.16 Å². The van der Waals surface area contributed by atoms with Crippen molar-refractivity contribution in [3.63, 3.8) is 0 Å². The molecule has 2 aromatic rings. The number of aryl methyl sites for hydroxylation is 2. The Balaban J connectivity index is 1.41. The topological polar surface area (TPSA) is 41.8 Å². The third-order valence-electron chi connectivity index (χ3n) is 4.03. The summed E-state index contributed by atoms with van der Waals surface area (Å²) in [6.07, 6.45) is 5.06. The first kappa shape index (κ1) is 14.6. The van der Waals surface area contributed by atoms with Gasteiger partial charge in [-0.3, -0.25) is 0 Å². The number of phenolic OH excluding ortho intramolecular Hbond substituents is 1. The molecule has 114 valence electrons. The van der Waals surface area contributed by atoms with E-state index < -0.39 is 0 Å². The van der Waals surface area contributed by atoms with Gasteiger partial charge < -0.3 is 9.94 Å². The van der Waals surface area contributed by atoms with Crippen LogP contribution in [0.15, 0.2) is 59.8 Å². The van der Waals surface area contributed by atoms with Crippen LogP contribution in [0.25, 0.3) is 0 Å². The van der Waals surface area contributed by atoms with Crippen LogP contribution in [0.3, 0.4) is 0 Å². The number of rotatable bonds is 6. The fourth-order valence-electron chi connectivity index (χ4n) is 2.71. The van der Waals surface area contributed by atoms with Crippen molar-refractivity contribution in [2.45, 2.75) is 38.2 Å². The Labute approximate surface area is 131 Å². The number of hydrogen-bond donors (Lipinski definition) is 1. The summed E-state index contributed by atoms with van der Waals surface area (Å²) in [6.45, 7) is 0. The minimum absolute atomic E-state index is 0.218. The Morgan fingerprint density at radius 3 is 2.41 bits per heavy atom. The van der Waals surface area contributed by atoms with Gasteiger partial charge in [-0.1, -0.05) is 47.6 Å². The lowest BCUT2D eigenvalue weighted by Crippen LogP contribution is -2.09. The predicted molar refractivity (Wildman–Crippen MR) is 88.1 cm³/mol. The highest BCUT2D eigenvalue weighted by molar-refractivity contribution is 5.85. The summed E-state index contributed by atoms with van der Waals surface area (Å²) >= 11 is 0. The van der Waals surface area contributed by atoms with E-state index in [-0.39, 0.29) is 6.10 Å². The normalized spacial score (nSPS) is 17.1. The molecule has 3 rings (SSSR count). The number of benzene rings is 2. The van der Waals surface area contributed by atoms with Crippen molar-refractivity contribution in [3.8, 4) is 5.75 Å². The van der Waals surface area contributed by atoms with Crippen LogP contribution in [0.1, 0.15) is 30.4 Å². The van der Waals surface area contributed by atoms with Crippen molar-refractivity contribution in [3.05, 3.63) is 65.7 Å². The molecule has 0 spiro atoms. The van der Waals surface area contributed by atoms with Crippen molar-refractivity contribution < 1.29 is 9.94 Å². The highest BCUT2D eigenvalue weighted by Gasteiger charge is 2.20. The summed E-state index contributed by atoms with van der Waals surface area (Å²) in [6, 6.07) is 17.9. The molecule has 1 unspecified atom stereocenters. The molecule has 0 radical (unpaired) electrons. The van der Waals surface area contributed by atoms with Crippen LogP contribution >= 0.6 is 0 Å². The maximum Gasteiger partial charge on any atom is 0.133 e. The zero-order valence-corrected chi connectivity index (χ0v) is 12.6. The second kappa shape index (κ2) is 7.12. The van der Waals surface area contributed by atoms with Crippen LogP contribution in [-0.4, -0.2) is 16.9 Å². The average molecular weight is 295 g/mol. The number of aromatic hydroxyl groups is 1. The van der Waals surface area contributed by atoms with E-state index in [1.165, 1.54) is 11.1 Å². The van der Waals surface area contributed by atoms with Crippen LogP contribution in [0.4, 0.5) is 0 Å². The molecule has 1 N–H and O–H groups in total. The van der Waals surface area contributed by atoms with Crippen molar-refractivity contribution in [1.29, 1.82) is 0 Å². The third kappa shape index (κ3) is 4.10. The van der Waals surface area contributed by atoms with E-state index in [0.29, 0.717) is 5.75 Å². The third-order valence-corrected chi connectivity index (χ3v) is 4.03. The molecule has 1 atom stereocenters. The lowest BCUT2D eigenvalue weighted by atomic mass is 10.0. The maximum absolute atomic E-state index is 9.28. The van der Waals surface area contributed by atoms with E-state index in [1.54, 1.807) is 12.1 Å². The summed E-state index contributed by atoms with van der Waals surface area (Å²) in [5.74, 6) is 0.311. The van der Waals surface area contributed by atoms with Crippen molar-refractivity contribution in [2.75, 3.05) is 0 Å². The van der Waals surface area contributed by atoms with E-state index in [0.717, 1.165) is 37.8 Å². The lowest BCUT2D eigenvalue weighted by molar-refractivity contribution is 0.0794. The zero-order valence-electron chi connectivity index (χ0n) is 12.6. The molecule has 1 heterocycles. The minimum atomic E-state index is 0.218. The molecule has 0 aliphatic carbocycles. The molecule has 0 saturated heterocycles. The second-order valence-electron chi connectivity index (χ2n) is 5.78. The Morgan fingerprint density at radius 1 is 0.909 bits per heavy atom. The molecule has 3 nitrogen and oxygen atoms in total. The largest absolute Gasteiger partial charge is 0.508 e. The monoisotopic (exact) mass is 295 g/mol. The van der Waals surface area contributed by atoms with Crippen molar-refractivity contribution >= 4 is 5.71 Å². The van der Waals surface area contributed by atoms with Gasteiger partial charge in [-0.05, 0) is 48.9 Å². The highest BCUT2D eigenvalue weighted by Crippen LogP contribution is 2.20.